The van der Waals surface area contributed by atoms with E-state index in [4.69, 9.17) is 4.52 Å². The Balaban J connectivity index is 1.90. The van der Waals surface area contributed by atoms with E-state index in [0.717, 1.165) is 17.9 Å². The molecule has 3 heteroatoms. The molecule has 0 saturated heterocycles. The molecule has 0 radical (unpaired) electrons. The van der Waals surface area contributed by atoms with Crippen LogP contribution in [0, 0.1) is 12.8 Å². The summed E-state index contributed by atoms with van der Waals surface area (Å²) >= 11 is 0. The van der Waals surface area contributed by atoms with E-state index in [9.17, 15) is 0 Å². The lowest BCUT2D eigenvalue weighted by Gasteiger charge is -2.14. The third-order valence-electron chi connectivity index (χ3n) is 3.38. The van der Waals surface area contributed by atoms with Crippen LogP contribution in [0.25, 0.3) is 0 Å². The van der Waals surface area contributed by atoms with Gasteiger partial charge in [-0.3, -0.25) is 0 Å². The summed E-state index contributed by atoms with van der Waals surface area (Å²) in [4.78, 5) is 0. The van der Waals surface area contributed by atoms with Crippen LogP contribution < -0.4 is 5.32 Å². The molecule has 0 amide bonds. The Kier molecular flexibility index (Phi) is 4.96. The van der Waals surface area contributed by atoms with Crippen molar-refractivity contribution in [2.24, 2.45) is 5.92 Å². The highest BCUT2D eigenvalue weighted by Gasteiger charge is 2.07. The predicted octanol–water partition coefficient (Wildman–Crippen LogP) is 4.03. The molecule has 3 nitrogen and oxygen atoms in total. The molecular formula is C17H24N2O. The summed E-state index contributed by atoms with van der Waals surface area (Å²) in [5.41, 5.74) is 3.63. The Labute approximate surface area is 121 Å². The van der Waals surface area contributed by atoms with Crippen LogP contribution in [0.2, 0.25) is 0 Å². The molecule has 1 aromatic heterocycles. The van der Waals surface area contributed by atoms with Gasteiger partial charge in [0.1, 0.15) is 0 Å². The molecule has 1 atom stereocenters. The lowest BCUT2D eigenvalue weighted by Crippen LogP contribution is -2.17. The van der Waals surface area contributed by atoms with Crippen molar-refractivity contribution in [2.75, 3.05) is 0 Å². The van der Waals surface area contributed by atoms with E-state index in [1.807, 2.05) is 13.0 Å². The van der Waals surface area contributed by atoms with Crippen molar-refractivity contribution in [1.82, 2.24) is 10.5 Å². The van der Waals surface area contributed by atoms with E-state index in [2.05, 4.69) is 55.5 Å². The minimum absolute atomic E-state index is 0.300. The number of hydrogen-bond donors (Lipinski definition) is 1. The number of nitrogens with zero attached hydrogens (tertiary/aromatic N) is 1. The van der Waals surface area contributed by atoms with Gasteiger partial charge in [0.15, 0.2) is 5.76 Å². The van der Waals surface area contributed by atoms with Gasteiger partial charge in [0.05, 0.1) is 12.2 Å². The van der Waals surface area contributed by atoms with Crippen LogP contribution in [0.15, 0.2) is 34.9 Å². The summed E-state index contributed by atoms with van der Waals surface area (Å²) in [7, 11) is 0. The molecule has 1 unspecified atom stereocenters. The van der Waals surface area contributed by atoms with Gasteiger partial charge in [0.25, 0.3) is 0 Å². The molecular weight excluding hydrogens is 248 g/mol. The van der Waals surface area contributed by atoms with E-state index in [1.165, 1.54) is 11.1 Å². The summed E-state index contributed by atoms with van der Waals surface area (Å²) in [6, 6.07) is 11.1. The molecule has 108 valence electrons. The maximum Gasteiger partial charge on any atom is 0.150 e. The monoisotopic (exact) mass is 272 g/mol. The SMILES string of the molecule is Cc1cc(CNC(C)c2ccc(CC(C)C)cc2)on1. The van der Waals surface area contributed by atoms with Gasteiger partial charge in [-0.25, -0.2) is 0 Å². The maximum absolute atomic E-state index is 5.20. The smallest absolute Gasteiger partial charge is 0.150 e. The van der Waals surface area contributed by atoms with Gasteiger partial charge < -0.3 is 9.84 Å². The number of aryl methyl sites for hydroxylation is 1. The number of hydrogen-bond acceptors (Lipinski definition) is 3. The fourth-order valence-corrected chi connectivity index (χ4v) is 2.28. The summed E-state index contributed by atoms with van der Waals surface area (Å²) in [6.07, 6.45) is 1.14. The van der Waals surface area contributed by atoms with Crippen LogP contribution in [0.3, 0.4) is 0 Å². The zero-order chi connectivity index (χ0) is 14.5. The first-order chi connectivity index (χ1) is 9.54. The minimum atomic E-state index is 0.300. The zero-order valence-corrected chi connectivity index (χ0v) is 12.8. The van der Waals surface area contributed by atoms with E-state index in [1.54, 1.807) is 0 Å². The van der Waals surface area contributed by atoms with Crippen molar-refractivity contribution in [3.05, 3.63) is 52.9 Å². The first-order valence-corrected chi connectivity index (χ1v) is 7.29. The van der Waals surface area contributed by atoms with Gasteiger partial charge in [-0.1, -0.05) is 43.3 Å². The Morgan fingerprint density at radius 1 is 1.15 bits per heavy atom. The van der Waals surface area contributed by atoms with Crippen molar-refractivity contribution in [2.45, 2.75) is 46.7 Å². The van der Waals surface area contributed by atoms with Crippen molar-refractivity contribution < 1.29 is 4.52 Å². The molecule has 1 N–H and O–H groups in total. The molecule has 0 fully saturated rings. The summed E-state index contributed by atoms with van der Waals surface area (Å²) in [5.74, 6) is 1.58. The van der Waals surface area contributed by atoms with Gasteiger partial charge >= 0.3 is 0 Å². The maximum atomic E-state index is 5.20. The van der Waals surface area contributed by atoms with Crippen molar-refractivity contribution in [3.63, 3.8) is 0 Å². The molecule has 2 aromatic rings. The van der Waals surface area contributed by atoms with E-state index < -0.39 is 0 Å². The van der Waals surface area contributed by atoms with E-state index in [-0.39, 0.29) is 0 Å². The zero-order valence-electron chi connectivity index (χ0n) is 12.8. The Hall–Kier alpha value is -1.61. The average molecular weight is 272 g/mol. The van der Waals surface area contributed by atoms with E-state index >= 15 is 0 Å². The first kappa shape index (κ1) is 14.8. The highest BCUT2D eigenvalue weighted by Crippen LogP contribution is 2.16. The average Bonchev–Trinajstić information content (AvgIpc) is 2.82. The first-order valence-electron chi connectivity index (χ1n) is 7.29. The van der Waals surface area contributed by atoms with E-state index in [0.29, 0.717) is 18.5 Å². The fourth-order valence-electron chi connectivity index (χ4n) is 2.28. The minimum Gasteiger partial charge on any atom is -0.360 e. The largest absolute Gasteiger partial charge is 0.360 e. The third-order valence-corrected chi connectivity index (χ3v) is 3.38. The van der Waals surface area contributed by atoms with Gasteiger partial charge in [-0.05, 0) is 37.3 Å². The van der Waals surface area contributed by atoms with Gasteiger partial charge in [-0.15, -0.1) is 0 Å². The topological polar surface area (TPSA) is 38.1 Å². The van der Waals surface area contributed by atoms with Gasteiger partial charge in [-0.2, -0.15) is 0 Å². The summed E-state index contributed by atoms with van der Waals surface area (Å²) in [6.45, 7) is 9.30. The second-order valence-electron chi connectivity index (χ2n) is 5.88. The number of rotatable bonds is 6. The Bertz CT molecular complexity index is 528. The Morgan fingerprint density at radius 2 is 1.85 bits per heavy atom. The molecule has 20 heavy (non-hydrogen) atoms. The van der Waals surface area contributed by atoms with Crippen molar-refractivity contribution >= 4 is 0 Å². The van der Waals surface area contributed by atoms with Crippen LogP contribution in [-0.4, -0.2) is 5.16 Å². The lowest BCUT2D eigenvalue weighted by molar-refractivity contribution is 0.363. The molecule has 2 rings (SSSR count). The molecule has 0 aliphatic carbocycles. The number of benzene rings is 1. The lowest BCUT2D eigenvalue weighted by atomic mass is 10.00. The number of aromatic nitrogens is 1. The third kappa shape index (κ3) is 4.20. The van der Waals surface area contributed by atoms with Crippen LogP contribution in [-0.2, 0) is 13.0 Å². The van der Waals surface area contributed by atoms with Gasteiger partial charge in [0.2, 0.25) is 0 Å². The van der Waals surface area contributed by atoms with Crippen LogP contribution >= 0.6 is 0 Å². The molecule has 0 aliphatic rings. The predicted molar refractivity (Wildman–Crippen MR) is 81.5 cm³/mol. The molecule has 0 saturated carbocycles. The summed E-state index contributed by atoms with van der Waals surface area (Å²) < 4.78 is 5.20. The molecule has 0 bridgehead atoms. The molecule has 0 spiro atoms. The summed E-state index contributed by atoms with van der Waals surface area (Å²) in [5, 5.41) is 7.35. The standard InChI is InChI=1S/C17H24N2O/c1-12(2)9-15-5-7-16(8-6-15)14(4)18-11-17-10-13(3)19-20-17/h5-8,10,12,14,18H,9,11H2,1-4H3. The quantitative estimate of drug-likeness (QED) is 0.862. The van der Waals surface area contributed by atoms with Gasteiger partial charge in [0, 0.05) is 12.1 Å². The Morgan fingerprint density at radius 3 is 2.40 bits per heavy atom. The number of nitrogens with one attached hydrogen (secondary N) is 1. The van der Waals surface area contributed by atoms with Crippen LogP contribution in [0.1, 0.15) is 49.4 Å². The normalized spacial score (nSPS) is 12.8. The van der Waals surface area contributed by atoms with Crippen LogP contribution in [0.4, 0.5) is 0 Å². The molecule has 1 heterocycles. The fraction of sp³-hybridized carbons (Fsp3) is 0.471. The van der Waals surface area contributed by atoms with Crippen LogP contribution in [0.5, 0.6) is 0 Å². The molecule has 0 aliphatic heterocycles. The second kappa shape index (κ2) is 6.71. The van der Waals surface area contributed by atoms with Crippen molar-refractivity contribution in [3.8, 4) is 0 Å². The van der Waals surface area contributed by atoms with Crippen molar-refractivity contribution in [1.29, 1.82) is 0 Å². The second-order valence-corrected chi connectivity index (χ2v) is 5.88. The highest BCUT2D eigenvalue weighted by atomic mass is 16.5. The highest BCUT2D eigenvalue weighted by molar-refractivity contribution is 5.25. The molecule has 1 aromatic carbocycles.